The summed E-state index contributed by atoms with van der Waals surface area (Å²) in [6, 6.07) is 13.8. The summed E-state index contributed by atoms with van der Waals surface area (Å²) < 4.78 is 42.8. The summed E-state index contributed by atoms with van der Waals surface area (Å²) in [4.78, 5) is 24.0. The summed E-state index contributed by atoms with van der Waals surface area (Å²) in [6.07, 6.45) is 4.59. The van der Waals surface area contributed by atoms with Gasteiger partial charge in [-0.25, -0.2) is 19.2 Å². The summed E-state index contributed by atoms with van der Waals surface area (Å²) in [5, 5.41) is 0.275. The van der Waals surface area contributed by atoms with E-state index in [0.717, 1.165) is 61.4 Å². The van der Waals surface area contributed by atoms with Crippen molar-refractivity contribution in [1.29, 1.82) is 0 Å². The number of hydrogen-bond donors (Lipinski definition) is 0. The van der Waals surface area contributed by atoms with Crippen molar-refractivity contribution in [3.63, 3.8) is 0 Å². The highest BCUT2D eigenvalue weighted by Crippen LogP contribution is 2.42. The molecular weight excluding hydrogens is 571 g/mol. The van der Waals surface area contributed by atoms with E-state index < -0.39 is 17.9 Å². The van der Waals surface area contributed by atoms with Gasteiger partial charge in [-0.05, 0) is 74.2 Å². The average molecular weight is 604 g/mol. The summed E-state index contributed by atoms with van der Waals surface area (Å²) in [7, 11) is 1.35. The second-order valence-electron chi connectivity index (χ2n) is 11.2. The SMILES string of the molecule is [2H]C1(c2ccc(Cl)cc2F)C=Cc2cccc(C3CCN(Cc4nc5ccc(C(=O)OC)nc5n4C[C@@H]4CCO4)CC3)c2O1. The number of rotatable bonds is 7. The van der Waals surface area contributed by atoms with E-state index in [0.29, 0.717) is 24.5 Å². The van der Waals surface area contributed by atoms with Crippen molar-refractivity contribution >= 4 is 34.8 Å². The Morgan fingerprint density at radius 2 is 1.98 bits per heavy atom. The standard InChI is InChI=1S/C33H32ClFN4O4/c1-41-33(40)28-9-8-27-32(37-28)39(18-23-13-16-42-23)30(36-27)19-38-14-11-20(12-15-38)24-4-2-3-21-5-10-29(43-31(21)24)25-7-6-22(34)17-26(25)35/h2-10,17,20,23,29H,11-16,18-19H2,1H3/t23-,29?/m0/s1/i29D. The highest BCUT2D eigenvalue weighted by atomic mass is 35.5. The number of fused-ring (bicyclic) bond motifs is 2. The van der Waals surface area contributed by atoms with Crippen LogP contribution in [-0.2, 0) is 22.6 Å². The van der Waals surface area contributed by atoms with Gasteiger partial charge in [0.15, 0.2) is 11.3 Å². The molecule has 2 saturated heterocycles. The largest absolute Gasteiger partial charge is 0.481 e. The Hall–Kier alpha value is -3.79. The second-order valence-corrected chi connectivity index (χ2v) is 11.6. The summed E-state index contributed by atoms with van der Waals surface area (Å²) >= 11 is 5.96. The number of carbonyl (C=O) groups excluding carboxylic acids is 1. The number of benzene rings is 2. The molecule has 0 saturated carbocycles. The number of carbonyl (C=O) groups is 1. The third kappa shape index (κ3) is 5.53. The van der Waals surface area contributed by atoms with Crippen LogP contribution in [0.2, 0.25) is 5.02 Å². The van der Waals surface area contributed by atoms with Gasteiger partial charge in [0.25, 0.3) is 0 Å². The van der Waals surface area contributed by atoms with Gasteiger partial charge in [-0.15, -0.1) is 0 Å². The highest BCUT2D eigenvalue weighted by Gasteiger charge is 2.29. The van der Waals surface area contributed by atoms with Crippen molar-refractivity contribution in [3.8, 4) is 5.75 Å². The van der Waals surface area contributed by atoms with Crippen LogP contribution in [0.25, 0.3) is 17.2 Å². The van der Waals surface area contributed by atoms with Crippen molar-refractivity contribution in [3.05, 3.63) is 93.7 Å². The Bertz CT molecular complexity index is 1770. The van der Waals surface area contributed by atoms with Crippen molar-refractivity contribution in [2.75, 3.05) is 26.8 Å². The number of hydrogen-bond acceptors (Lipinski definition) is 7. The van der Waals surface area contributed by atoms with Crippen LogP contribution in [0.5, 0.6) is 5.75 Å². The smallest absolute Gasteiger partial charge is 0.356 e. The van der Waals surface area contributed by atoms with E-state index in [-0.39, 0.29) is 28.3 Å². The highest BCUT2D eigenvalue weighted by molar-refractivity contribution is 6.30. The van der Waals surface area contributed by atoms with Crippen LogP contribution in [0.3, 0.4) is 0 Å². The molecule has 0 aliphatic carbocycles. The van der Waals surface area contributed by atoms with Crippen LogP contribution < -0.4 is 4.74 Å². The third-order valence-electron chi connectivity index (χ3n) is 8.54. The first-order valence-corrected chi connectivity index (χ1v) is 14.9. The molecule has 3 aliphatic rings. The first kappa shape index (κ1) is 26.8. The number of halogens is 2. The number of methoxy groups -OCH3 is 1. The number of aromatic nitrogens is 3. The molecule has 2 fully saturated rings. The molecule has 0 N–H and O–H groups in total. The molecular formula is C33H32ClFN4O4. The quantitative estimate of drug-likeness (QED) is 0.229. The lowest BCUT2D eigenvalue weighted by Gasteiger charge is -2.34. The Balaban J connectivity index is 1.09. The lowest BCUT2D eigenvalue weighted by Crippen LogP contribution is -2.35. The Morgan fingerprint density at radius 3 is 2.72 bits per heavy atom. The zero-order chi connectivity index (χ0) is 30.4. The van der Waals surface area contributed by atoms with Gasteiger partial charge >= 0.3 is 5.97 Å². The number of esters is 1. The zero-order valence-corrected chi connectivity index (χ0v) is 24.5. The van der Waals surface area contributed by atoms with E-state index in [1.807, 2.05) is 24.3 Å². The van der Waals surface area contributed by atoms with E-state index >= 15 is 0 Å². The molecule has 10 heteroatoms. The topological polar surface area (TPSA) is 78.7 Å². The van der Waals surface area contributed by atoms with Crippen LogP contribution >= 0.6 is 11.6 Å². The predicted molar refractivity (Wildman–Crippen MR) is 161 cm³/mol. The molecule has 0 bridgehead atoms. The number of ether oxygens (including phenoxy) is 3. The number of nitrogens with zero attached hydrogens (tertiary/aromatic N) is 4. The van der Waals surface area contributed by atoms with Gasteiger partial charge in [-0.3, -0.25) is 4.90 Å². The Kier molecular flexibility index (Phi) is 7.30. The molecule has 0 spiro atoms. The fourth-order valence-corrected chi connectivity index (χ4v) is 6.26. The van der Waals surface area contributed by atoms with Gasteiger partial charge < -0.3 is 18.8 Å². The molecule has 3 aliphatic heterocycles. The monoisotopic (exact) mass is 603 g/mol. The Labute approximate surface area is 255 Å². The lowest BCUT2D eigenvalue weighted by atomic mass is 9.87. The van der Waals surface area contributed by atoms with Gasteiger partial charge in [0.2, 0.25) is 0 Å². The fourth-order valence-electron chi connectivity index (χ4n) is 6.10. The normalized spacial score (nSPS) is 22.5. The van der Waals surface area contributed by atoms with Gasteiger partial charge in [-0.1, -0.05) is 41.9 Å². The van der Waals surface area contributed by atoms with Crippen LogP contribution in [-0.4, -0.2) is 58.3 Å². The number of pyridine rings is 1. The molecule has 2 aromatic carbocycles. The predicted octanol–water partition coefficient (Wildman–Crippen LogP) is 6.33. The van der Waals surface area contributed by atoms with Gasteiger partial charge in [-0.2, -0.15) is 0 Å². The van der Waals surface area contributed by atoms with Gasteiger partial charge in [0, 0.05) is 22.8 Å². The number of para-hydroxylation sites is 1. The maximum Gasteiger partial charge on any atom is 0.356 e. The minimum absolute atomic E-state index is 0.101. The lowest BCUT2D eigenvalue weighted by molar-refractivity contribution is -0.0593. The molecule has 2 aromatic heterocycles. The minimum Gasteiger partial charge on any atom is -0.481 e. The van der Waals surface area contributed by atoms with Crippen molar-refractivity contribution in [2.24, 2.45) is 0 Å². The fraction of sp³-hybridized carbons (Fsp3) is 0.364. The van der Waals surface area contributed by atoms with Crippen LogP contribution in [0, 0.1) is 5.82 Å². The summed E-state index contributed by atoms with van der Waals surface area (Å²) in [5.41, 5.74) is 3.68. The molecule has 1 unspecified atom stereocenters. The molecule has 0 radical (unpaired) electrons. The maximum atomic E-state index is 14.8. The molecule has 222 valence electrons. The molecule has 8 nitrogen and oxygen atoms in total. The van der Waals surface area contributed by atoms with Crippen LogP contribution in [0.15, 0.2) is 54.6 Å². The van der Waals surface area contributed by atoms with E-state index in [2.05, 4.69) is 20.5 Å². The van der Waals surface area contributed by atoms with E-state index in [1.54, 1.807) is 18.2 Å². The third-order valence-corrected chi connectivity index (χ3v) is 8.77. The van der Waals surface area contributed by atoms with Crippen LogP contribution in [0.4, 0.5) is 4.39 Å². The number of piperidine rings is 1. The minimum atomic E-state index is -1.69. The van der Waals surface area contributed by atoms with Crippen molar-refractivity contribution < 1.29 is 24.8 Å². The van der Waals surface area contributed by atoms with E-state index in [1.165, 1.54) is 19.2 Å². The average Bonchev–Trinajstić information content (AvgIpc) is 3.34. The maximum absolute atomic E-state index is 14.8. The van der Waals surface area contributed by atoms with E-state index in [4.69, 9.17) is 32.2 Å². The van der Waals surface area contributed by atoms with Gasteiger partial charge in [0.05, 0.1) is 27.7 Å². The van der Waals surface area contributed by atoms with Gasteiger partial charge in [0.1, 0.15) is 29.0 Å². The van der Waals surface area contributed by atoms with E-state index in [9.17, 15) is 9.18 Å². The molecule has 7 rings (SSSR count). The van der Waals surface area contributed by atoms with Crippen LogP contribution in [0.1, 0.15) is 65.6 Å². The molecule has 43 heavy (non-hydrogen) atoms. The zero-order valence-electron chi connectivity index (χ0n) is 24.8. The first-order valence-electron chi connectivity index (χ1n) is 15.1. The first-order chi connectivity index (χ1) is 21.3. The Morgan fingerprint density at radius 1 is 1.14 bits per heavy atom. The molecule has 2 atom stereocenters. The second kappa shape index (κ2) is 11.7. The summed E-state index contributed by atoms with van der Waals surface area (Å²) in [5.74, 6) is 0.689. The number of likely N-dealkylation sites (tertiary alicyclic amines) is 1. The molecule has 4 aromatic rings. The van der Waals surface area contributed by atoms with Crippen molar-refractivity contribution in [2.45, 2.75) is 50.5 Å². The molecule has 5 heterocycles. The number of imidazole rings is 1. The van der Waals surface area contributed by atoms with Crippen molar-refractivity contribution in [1.82, 2.24) is 19.4 Å². The summed E-state index contributed by atoms with van der Waals surface area (Å²) in [6.45, 7) is 3.70. The molecule has 0 amide bonds.